The minimum absolute atomic E-state index is 0.546. The fraction of sp³-hybridized carbons (Fsp3) is 0.0833. The molecule has 2 N–H and O–H groups in total. The zero-order valence-electron chi connectivity index (χ0n) is 9.14. The zero-order valence-corrected chi connectivity index (χ0v) is 9.95. The van der Waals surface area contributed by atoms with E-state index in [1.165, 1.54) is 11.3 Å². The van der Waals surface area contributed by atoms with Crippen LogP contribution < -0.4 is 10.5 Å². The van der Waals surface area contributed by atoms with Crippen molar-refractivity contribution < 1.29 is 9.15 Å². The van der Waals surface area contributed by atoms with Crippen molar-refractivity contribution in [2.45, 2.75) is 0 Å². The van der Waals surface area contributed by atoms with Crippen LogP contribution in [0.25, 0.3) is 21.9 Å². The van der Waals surface area contributed by atoms with Gasteiger partial charge in [-0.05, 0) is 23.6 Å². The topological polar surface area (TPSA) is 61.3 Å². The van der Waals surface area contributed by atoms with E-state index < -0.39 is 0 Å². The molecule has 0 spiro atoms. The second kappa shape index (κ2) is 3.78. The molecule has 2 heterocycles. The van der Waals surface area contributed by atoms with Gasteiger partial charge in [-0.2, -0.15) is 0 Å². The zero-order chi connectivity index (χ0) is 11.8. The van der Waals surface area contributed by atoms with Crippen LogP contribution in [0.15, 0.2) is 34.1 Å². The van der Waals surface area contributed by atoms with Gasteiger partial charge in [0, 0.05) is 0 Å². The SMILES string of the molecule is COc1ccsc1-c1nc2c(N)cccc2o1. The summed E-state index contributed by atoms with van der Waals surface area (Å²) < 4.78 is 10.9. The molecule has 1 aromatic carbocycles. The lowest BCUT2D eigenvalue weighted by molar-refractivity contribution is 0.416. The first kappa shape index (κ1) is 10.2. The fourth-order valence-corrected chi connectivity index (χ4v) is 2.46. The number of benzene rings is 1. The van der Waals surface area contributed by atoms with Gasteiger partial charge in [0.05, 0.1) is 12.8 Å². The predicted molar refractivity (Wildman–Crippen MR) is 68.3 cm³/mol. The summed E-state index contributed by atoms with van der Waals surface area (Å²) in [5.74, 6) is 1.31. The normalized spacial score (nSPS) is 10.9. The third-order valence-corrected chi connectivity index (χ3v) is 3.38. The maximum absolute atomic E-state index is 5.84. The Hall–Kier alpha value is -2.01. The second-order valence-corrected chi connectivity index (χ2v) is 4.45. The summed E-state index contributed by atoms with van der Waals surface area (Å²) >= 11 is 1.53. The molecule has 0 unspecified atom stereocenters. The highest BCUT2D eigenvalue weighted by Crippen LogP contribution is 2.37. The first-order chi connectivity index (χ1) is 8.29. The number of ether oxygens (including phenoxy) is 1. The van der Waals surface area contributed by atoms with E-state index in [1.807, 2.05) is 23.6 Å². The molecule has 0 radical (unpaired) electrons. The molecule has 17 heavy (non-hydrogen) atoms. The van der Waals surface area contributed by atoms with Crippen molar-refractivity contribution in [3.8, 4) is 16.5 Å². The maximum Gasteiger partial charge on any atom is 0.241 e. The van der Waals surface area contributed by atoms with Crippen molar-refractivity contribution in [1.29, 1.82) is 0 Å². The molecule has 0 bridgehead atoms. The molecule has 0 aliphatic heterocycles. The fourth-order valence-electron chi connectivity index (χ4n) is 1.68. The maximum atomic E-state index is 5.84. The van der Waals surface area contributed by atoms with Gasteiger partial charge in [-0.15, -0.1) is 11.3 Å². The monoisotopic (exact) mass is 246 g/mol. The van der Waals surface area contributed by atoms with Crippen LogP contribution in [0.5, 0.6) is 5.75 Å². The molecule has 86 valence electrons. The number of oxazole rings is 1. The molecule has 0 aliphatic rings. The lowest BCUT2D eigenvalue weighted by atomic mass is 10.3. The van der Waals surface area contributed by atoms with E-state index in [4.69, 9.17) is 14.9 Å². The number of nitrogens with zero attached hydrogens (tertiary/aromatic N) is 1. The first-order valence-corrected chi connectivity index (χ1v) is 5.94. The van der Waals surface area contributed by atoms with Gasteiger partial charge in [0.25, 0.3) is 0 Å². The summed E-state index contributed by atoms with van der Waals surface area (Å²) in [6.07, 6.45) is 0. The van der Waals surface area contributed by atoms with E-state index in [0.717, 1.165) is 10.6 Å². The molecule has 2 aromatic heterocycles. The molecule has 0 fully saturated rings. The molecule has 0 saturated carbocycles. The summed E-state index contributed by atoms with van der Waals surface area (Å²) in [5.41, 5.74) is 7.84. The highest BCUT2D eigenvalue weighted by molar-refractivity contribution is 7.13. The number of methoxy groups -OCH3 is 1. The van der Waals surface area contributed by atoms with Crippen molar-refractivity contribution in [2.75, 3.05) is 12.8 Å². The van der Waals surface area contributed by atoms with Crippen molar-refractivity contribution >= 4 is 28.1 Å². The Morgan fingerprint density at radius 1 is 1.35 bits per heavy atom. The summed E-state index contributed by atoms with van der Waals surface area (Å²) in [5, 5.41) is 1.94. The van der Waals surface area contributed by atoms with Gasteiger partial charge in [0.1, 0.15) is 16.1 Å². The Bertz CT molecular complexity index is 672. The van der Waals surface area contributed by atoms with Gasteiger partial charge < -0.3 is 14.9 Å². The molecule has 0 atom stereocenters. The van der Waals surface area contributed by atoms with E-state index in [2.05, 4.69) is 4.98 Å². The number of hydrogen-bond acceptors (Lipinski definition) is 5. The van der Waals surface area contributed by atoms with Crippen LogP contribution in [-0.2, 0) is 0 Å². The largest absolute Gasteiger partial charge is 0.495 e. The Morgan fingerprint density at radius 2 is 2.24 bits per heavy atom. The van der Waals surface area contributed by atoms with Gasteiger partial charge in [-0.1, -0.05) is 6.07 Å². The Morgan fingerprint density at radius 3 is 3.00 bits per heavy atom. The van der Waals surface area contributed by atoms with Crippen molar-refractivity contribution in [3.05, 3.63) is 29.6 Å². The number of para-hydroxylation sites is 1. The van der Waals surface area contributed by atoms with Crippen molar-refractivity contribution in [1.82, 2.24) is 4.98 Å². The summed E-state index contributed by atoms with van der Waals surface area (Å²) in [6, 6.07) is 7.39. The Labute approximate surface area is 102 Å². The van der Waals surface area contributed by atoms with Crippen molar-refractivity contribution in [3.63, 3.8) is 0 Å². The molecule has 4 nitrogen and oxygen atoms in total. The molecule has 3 aromatic rings. The van der Waals surface area contributed by atoms with Gasteiger partial charge in [-0.3, -0.25) is 0 Å². The number of rotatable bonds is 2. The van der Waals surface area contributed by atoms with Crippen LogP contribution >= 0.6 is 11.3 Å². The van der Waals surface area contributed by atoms with Gasteiger partial charge >= 0.3 is 0 Å². The average Bonchev–Trinajstić information content (AvgIpc) is 2.94. The van der Waals surface area contributed by atoms with Crippen LogP contribution in [0.4, 0.5) is 5.69 Å². The van der Waals surface area contributed by atoms with Crippen LogP contribution in [0, 0.1) is 0 Å². The Balaban J connectivity index is 2.22. The number of fused-ring (bicyclic) bond motifs is 1. The number of hydrogen-bond donors (Lipinski definition) is 1. The van der Waals surface area contributed by atoms with Crippen LogP contribution in [0.3, 0.4) is 0 Å². The quantitative estimate of drug-likeness (QED) is 0.705. The predicted octanol–water partition coefficient (Wildman–Crippen LogP) is 3.15. The molecule has 3 rings (SSSR count). The molecule has 0 saturated heterocycles. The van der Waals surface area contributed by atoms with Crippen LogP contribution in [0.1, 0.15) is 0 Å². The van der Waals surface area contributed by atoms with Gasteiger partial charge in [0.15, 0.2) is 5.58 Å². The van der Waals surface area contributed by atoms with Crippen LogP contribution in [-0.4, -0.2) is 12.1 Å². The highest BCUT2D eigenvalue weighted by atomic mass is 32.1. The van der Waals surface area contributed by atoms with Crippen LogP contribution in [0.2, 0.25) is 0 Å². The highest BCUT2D eigenvalue weighted by Gasteiger charge is 2.15. The lowest BCUT2D eigenvalue weighted by Gasteiger charge is -1.96. The number of anilines is 1. The van der Waals surface area contributed by atoms with E-state index >= 15 is 0 Å². The van der Waals surface area contributed by atoms with Gasteiger partial charge in [0.2, 0.25) is 5.89 Å². The first-order valence-electron chi connectivity index (χ1n) is 5.06. The number of aromatic nitrogens is 1. The summed E-state index contributed by atoms with van der Waals surface area (Å²) in [6.45, 7) is 0. The van der Waals surface area contributed by atoms with Gasteiger partial charge in [-0.25, -0.2) is 4.98 Å². The number of nitrogens with two attached hydrogens (primary N) is 1. The third-order valence-electron chi connectivity index (χ3n) is 2.49. The summed E-state index contributed by atoms with van der Waals surface area (Å²) in [4.78, 5) is 5.28. The smallest absolute Gasteiger partial charge is 0.241 e. The second-order valence-electron chi connectivity index (χ2n) is 3.53. The van der Waals surface area contributed by atoms with E-state index in [1.54, 1.807) is 13.2 Å². The molecule has 0 amide bonds. The molecule has 0 aliphatic carbocycles. The third kappa shape index (κ3) is 1.55. The minimum Gasteiger partial charge on any atom is -0.495 e. The van der Waals surface area contributed by atoms with E-state index in [-0.39, 0.29) is 0 Å². The summed E-state index contributed by atoms with van der Waals surface area (Å²) in [7, 11) is 1.63. The van der Waals surface area contributed by atoms with E-state index in [9.17, 15) is 0 Å². The molecule has 5 heteroatoms. The van der Waals surface area contributed by atoms with E-state index in [0.29, 0.717) is 22.7 Å². The molecular formula is C12H10N2O2S. The molecular weight excluding hydrogens is 236 g/mol. The lowest BCUT2D eigenvalue weighted by Crippen LogP contribution is -1.85. The number of thiophene rings is 1. The average molecular weight is 246 g/mol. The Kier molecular flexibility index (Phi) is 2.26. The standard InChI is InChI=1S/C12H10N2O2S/c1-15-9-5-6-17-11(9)12-14-10-7(13)3-2-4-8(10)16-12/h2-6H,13H2,1H3. The van der Waals surface area contributed by atoms with Crippen molar-refractivity contribution in [2.24, 2.45) is 0 Å². The number of nitrogen functional groups attached to an aromatic ring is 1. The minimum atomic E-state index is 0.546.